The summed E-state index contributed by atoms with van der Waals surface area (Å²) < 4.78 is 0. The van der Waals surface area contributed by atoms with Crippen LogP contribution in [0.5, 0.6) is 0 Å². The maximum atomic E-state index is 10.9. The molecule has 1 aliphatic rings. The molecule has 0 saturated carbocycles. The fourth-order valence-corrected chi connectivity index (χ4v) is 3.07. The summed E-state index contributed by atoms with van der Waals surface area (Å²) >= 11 is 1.84. The second-order valence-electron chi connectivity index (χ2n) is 4.97. The molecule has 0 aliphatic carbocycles. The number of carboxylic acids is 1. The van der Waals surface area contributed by atoms with Crippen LogP contribution in [0, 0.1) is 5.92 Å². The molecule has 1 aromatic carbocycles. The van der Waals surface area contributed by atoms with Crippen LogP contribution in [0.15, 0.2) is 29.2 Å². The highest BCUT2D eigenvalue weighted by molar-refractivity contribution is 7.99. The number of carbonyl (C=O) groups is 1. The molecule has 2 atom stereocenters. The van der Waals surface area contributed by atoms with Crippen molar-refractivity contribution in [2.75, 3.05) is 6.54 Å². The van der Waals surface area contributed by atoms with Gasteiger partial charge in [-0.2, -0.15) is 0 Å². The lowest BCUT2D eigenvalue weighted by atomic mass is 10.0. The molecule has 1 aliphatic heterocycles. The first-order valence-corrected chi connectivity index (χ1v) is 7.17. The zero-order valence-electron chi connectivity index (χ0n) is 10.7. The predicted octanol–water partition coefficient (Wildman–Crippen LogP) is 2.92. The molecule has 0 spiro atoms. The Bertz CT molecular complexity index is 416. The van der Waals surface area contributed by atoms with Gasteiger partial charge in [0.05, 0.1) is 5.92 Å². The van der Waals surface area contributed by atoms with Crippen LogP contribution >= 0.6 is 11.8 Å². The molecule has 0 bridgehead atoms. The Balaban J connectivity index is 2.00. The van der Waals surface area contributed by atoms with Gasteiger partial charge in [0.15, 0.2) is 0 Å². The molecule has 1 saturated heterocycles. The lowest BCUT2D eigenvalue weighted by Crippen LogP contribution is -2.17. The summed E-state index contributed by atoms with van der Waals surface area (Å²) in [6.07, 6.45) is 0.687. The van der Waals surface area contributed by atoms with Crippen LogP contribution in [0.3, 0.4) is 0 Å². The van der Waals surface area contributed by atoms with Crippen molar-refractivity contribution < 1.29 is 9.90 Å². The minimum atomic E-state index is -0.697. The van der Waals surface area contributed by atoms with Crippen LogP contribution in [0.25, 0.3) is 0 Å². The van der Waals surface area contributed by atoms with Gasteiger partial charge in [-0.05, 0) is 24.1 Å². The number of benzene rings is 1. The normalized spacial score (nSPS) is 23.5. The quantitative estimate of drug-likeness (QED) is 0.822. The summed E-state index contributed by atoms with van der Waals surface area (Å²) in [7, 11) is 0. The molecule has 4 heteroatoms. The van der Waals surface area contributed by atoms with Gasteiger partial charge in [0.2, 0.25) is 0 Å². The summed E-state index contributed by atoms with van der Waals surface area (Å²) in [5.41, 5.74) is 1.19. The van der Waals surface area contributed by atoms with Crippen molar-refractivity contribution in [2.45, 2.75) is 36.5 Å². The Morgan fingerprint density at radius 3 is 2.56 bits per heavy atom. The number of hydrogen-bond donors (Lipinski definition) is 2. The van der Waals surface area contributed by atoms with E-state index in [0.717, 1.165) is 0 Å². The standard InChI is InChI=1S/C14H19NO2S/c1-9(2)18-12-5-3-10(4-6-12)13-7-11(8-15-13)14(16)17/h3-6,9,11,13,15H,7-8H2,1-2H3,(H,16,17). The van der Waals surface area contributed by atoms with Crippen molar-refractivity contribution in [3.8, 4) is 0 Å². The van der Waals surface area contributed by atoms with Gasteiger partial charge in [-0.15, -0.1) is 11.8 Å². The third-order valence-corrected chi connectivity index (χ3v) is 4.15. The van der Waals surface area contributed by atoms with Crippen molar-refractivity contribution >= 4 is 17.7 Å². The molecule has 1 heterocycles. The highest BCUT2D eigenvalue weighted by Crippen LogP contribution is 2.29. The number of aliphatic carboxylic acids is 1. The Labute approximate surface area is 112 Å². The Morgan fingerprint density at radius 2 is 2.06 bits per heavy atom. The molecule has 18 heavy (non-hydrogen) atoms. The second-order valence-corrected chi connectivity index (χ2v) is 6.62. The van der Waals surface area contributed by atoms with Crippen molar-refractivity contribution in [3.63, 3.8) is 0 Å². The van der Waals surface area contributed by atoms with E-state index in [-0.39, 0.29) is 12.0 Å². The minimum Gasteiger partial charge on any atom is -0.481 e. The van der Waals surface area contributed by atoms with E-state index in [1.807, 2.05) is 11.8 Å². The molecular weight excluding hydrogens is 246 g/mol. The van der Waals surface area contributed by atoms with E-state index in [1.54, 1.807) is 0 Å². The van der Waals surface area contributed by atoms with E-state index < -0.39 is 5.97 Å². The van der Waals surface area contributed by atoms with Crippen LogP contribution in [0.2, 0.25) is 0 Å². The fraction of sp³-hybridized carbons (Fsp3) is 0.500. The van der Waals surface area contributed by atoms with E-state index in [9.17, 15) is 4.79 Å². The van der Waals surface area contributed by atoms with Gasteiger partial charge in [-0.25, -0.2) is 0 Å². The summed E-state index contributed by atoms with van der Waals surface area (Å²) in [4.78, 5) is 12.2. The third kappa shape index (κ3) is 3.27. The van der Waals surface area contributed by atoms with Gasteiger partial charge >= 0.3 is 5.97 Å². The van der Waals surface area contributed by atoms with Gasteiger partial charge in [0.25, 0.3) is 0 Å². The highest BCUT2D eigenvalue weighted by Gasteiger charge is 2.29. The van der Waals surface area contributed by atoms with E-state index >= 15 is 0 Å². The molecule has 3 nitrogen and oxygen atoms in total. The van der Waals surface area contributed by atoms with Gasteiger partial charge in [0.1, 0.15) is 0 Å². The van der Waals surface area contributed by atoms with Gasteiger partial charge in [0, 0.05) is 22.7 Å². The highest BCUT2D eigenvalue weighted by atomic mass is 32.2. The molecule has 0 aromatic heterocycles. The topological polar surface area (TPSA) is 49.3 Å². The largest absolute Gasteiger partial charge is 0.481 e. The SMILES string of the molecule is CC(C)Sc1ccc(C2CC(C(=O)O)CN2)cc1. The van der Waals surface area contributed by atoms with E-state index in [1.165, 1.54) is 10.5 Å². The lowest BCUT2D eigenvalue weighted by Gasteiger charge is -2.12. The lowest BCUT2D eigenvalue weighted by molar-refractivity contribution is -0.141. The summed E-state index contributed by atoms with van der Waals surface area (Å²) in [6, 6.07) is 8.63. The first-order valence-electron chi connectivity index (χ1n) is 6.29. The average Bonchev–Trinajstić information content (AvgIpc) is 2.78. The average molecular weight is 265 g/mol. The van der Waals surface area contributed by atoms with Gasteiger partial charge in [-0.3, -0.25) is 4.79 Å². The molecule has 0 amide bonds. The monoisotopic (exact) mass is 265 g/mol. The fourth-order valence-electron chi connectivity index (χ4n) is 2.23. The molecule has 0 radical (unpaired) electrons. The van der Waals surface area contributed by atoms with Crippen LogP contribution in [0.4, 0.5) is 0 Å². The first-order chi connectivity index (χ1) is 8.56. The second kappa shape index (κ2) is 5.76. The summed E-state index contributed by atoms with van der Waals surface area (Å²) in [5, 5.41) is 12.8. The van der Waals surface area contributed by atoms with Crippen molar-refractivity contribution in [1.82, 2.24) is 5.32 Å². The molecule has 2 unspecified atom stereocenters. The van der Waals surface area contributed by atoms with E-state index in [2.05, 4.69) is 43.4 Å². The molecule has 1 fully saturated rings. The Hall–Kier alpha value is -1.00. The molecule has 98 valence electrons. The number of nitrogens with one attached hydrogen (secondary N) is 1. The first kappa shape index (κ1) is 13.4. The van der Waals surface area contributed by atoms with Crippen LogP contribution in [-0.2, 0) is 4.79 Å². The van der Waals surface area contributed by atoms with Crippen molar-refractivity contribution in [1.29, 1.82) is 0 Å². The Kier molecular flexibility index (Phi) is 4.30. The molecule has 1 aromatic rings. The maximum Gasteiger partial charge on any atom is 0.307 e. The number of rotatable bonds is 4. The van der Waals surface area contributed by atoms with Crippen LogP contribution in [0.1, 0.15) is 31.9 Å². The van der Waals surface area contributed by atoms with E-state index in [0.29, 0.717) is 18.2 Å². The maximum absolute atomic E-state index is 10.9. The summed E-state index contributed by atoms with van der Waals surface area (Å²) in [6.45, 7) is 4.92. The zero-order chi connectivity index (χ0) is 13.1. The zero-order valence-corrected chi connectivity index (χ0v) is 11.5. The minimum absolute atomic E-state index is 0.184. The van der Waals surface area contributed by atoms with E-state index in [4.69, 9.17) is 5.11 Å². The van der Waals surface area contributed by atoms with Crippen molar-refractivity contribution in [2.24, 2.45) is 5.92 Å². The predicted molar refractivity (Wildman–Crippen MR) is 73.9 cm³/mol. The number of hydrogen-bond acceptors (Lipinski definition) is 3. The molecular formula is C14H19NO2S. The van der Waals surface area contributed by atoms with Gasteiger partial charge < -0.3 is 10.4 Å². The number of thioether (sulfide) groups is 1. The van der Waals surface area contributed by atoms with Gasteiger partial charge in [-0.1, -0.05) is 26.0 Å². The Morgan fingerprint density at radius 1 is 1.39 bits per heavy atom. The number of carboxylic acid groups (broad SMARTS) is 1. The molecule has 2 rings (SSSR count). The van der Waals surface area contributed by atoms with Crippen molar-refractivity contribution in [3.05, 3.63) is 29.8 Å². The summed E-state index contributed by atoms with van der Waals surface area (Å²) in [5.74, 6) is -0.948. The smallest absolute Gasteiger partial charge is 0.307 e. The molecule has 2 N–H and O–H groups in total. The third-order valence-electron chi connectivity index (χ3n) is 3.13. The van der Waals surface area contributed by atoms with Crippen LogP contribution in [-0.4, -0.2) is 22.9 Å². The van der Waals surface area contributed by atoms with Crippen LogP contribution < -0.4 is 5.32 Å².